The Hall–Kier alpha value is -1.26. The summed E-state index contributed by atoms with van der Waals surface area (Å²) >= 11 is 0. The number of hydrogen-bond acceptors (Lipinski definition) is 4. The van der Waals surface area contributed by atoms with Crippen LogP contribution in [0.4, 0.5) is 0 Å². The molecule has 1 heterocycles. The molecule has 0 spiro atoms. The van der Waals surface area contributed by atoms with Crippen molar-refractivity contribution < 1.29 is 9.47 Å². The standard InChI is InChI=1S/C9H12N2O2/c10-11-5-7-6-12-8-3-1-2-4-9(8)13-7/h1-4,7,11H,5-6,10H2/t7-/m0/s1. The number of hydrogen-bond donors (Lipinski definition) is 2. The van der Waals surface area contributed by atoms with E-state index in [-0.39, 0.29) is 6.10 Å². The average molecular weight is 180 g/mol. The number of rotatable bonds is 2. The van der Waals surface area contributed by atoms with E-state index in [9.17, 15) is 0 Å². The predicted molar refractivity (Wildman–Crippen MR) is 48.5 cm³/mol. The number of nitrogens with two attached hydrogens (primary N) is 1. The molecule has 70 valence electrons. The number of nitrogens with one attached hydrogen (secondary N) is 1. The Bertz CT molecular complexity index is 291. The van der Waals surface area contributed by atoms with Crippen molar-refractivity contribution in [3.8, 4) is 11.5 Å². The Morgan fingerprint density at radius 2 is 2.15 bits per heavy atom. The zero-order valence-corrected chi connectivity index (χ0v) is 7.19. The monoisotopic (exact) mass is 180 g/mol. The van der Waals surface area contributed by atoms with Gasteiger partial charge in [0.2, 0.25) is 0 Å². The average Bonchev–Trinajstić information content (AvgIpc) is 2.18. The molecule has 4 nitrogen and oxygen atoms in total. The second-order valence-electron chi connectivity index (χ2n) is 2.91. The fourth-order valence-corrected chi connectivity index (χ4v) is 1.30. The highest BCUT2D eigenvalue weighted by Gasteiger charge is 2.19. The molecule has 0 amide bonds. The van der Waals surface area contributed by atoms with E-state index in [1.54, 1.807) is 0 Å². The third-order valence-corrected chi connectivity index (χ3v) is 1.91. The molecular weight excluding hydrogens is 168 g/mol. The molecule has 3 N–H and O–H groups in total. The van der Waals surface area contributed by atoms with Crippen LogP contribution in [-0.2, 0) is 0 Å². The molecule has 1 aliphatic heterocycles. The highest BCUT2D eigenvalue weighted by atomic mass is 16.6. The Balaban J connectivity index is 2.11. The van der Waals surface area contributed by atoms with Crippen LogP contribution >= 0.6 is 0 Å². The Kier molecular flexibility index (Phi) is 2.33. The van der Waals surface area contributed by atoms with E-state index < -0.39 is 0 Å². The molecule has 4 heteroatoms. The molecule has 0 saturated heterocycles. The van der Waals surface area contributed by atoms with Crippen LogP contribution in [0.1, 0.15) is 0 Å². The highest BCUT2D eigenvalue weighted by molar-refractivity contribution is 5.40. The van der Waals surface area contributed by atoms with Gasteiger partial charge in [-0.1, -0.05) is 12.1 Å². The molecule has 1 aromatic carbocycles. The first kappa shape index (κ1) is 8.34. The van der Waals surface area contributed by atoms with Crippen molar-refractivity contribution >= 4 is 0 Å². The molecule has 0 saturated carbocycles. The van der Waals surface area contributed by atoms with Crippen LogP contribution in [0, 0.1) is 0 Å². The minimum Gasteiger partial charge on any atom is -0.486 e. The first-order valence-corrected chi connectivity index (χ1v) is 4.22. The van der Waals surface area contributed by atoms with Crippen molar-refractivity contribution in [1.29, 1.82) is 0 Å². The van der Waals surface area contributed by atoms with Crippen molar-refractivity contribution in [3.05, 3.63) is 24.3 Å². The first-order valence-electron chi connectivity index (χ1n) is 4.22. The number of para-hydroxylation sites is 2. The second-order valence-corrected chi connectivity index (χ2v) is 2.91. The van der Waals surface area contributed by atoms with Gasteiger partial charge in [-0.05, 0) is 12.1 Å². The van der Waals surface area contributed by atoms with E-state index >= 15 is 0 Å². The largest absolute Gasteiger partial charge is 0.486 e. The van der Waals surface area contributed by atoms with E-state index in [4.69, 9.17) is 15.3 Å². The number of ether oxygens (including phenoxy) is 2. The Morgan fingerprint density at radius 3 is 2.92 bits per heavy atom. The molecule has 1 aliphatic rings. The summed E-state index contributed by atoms with van der Waals surface area (Å²) in [5.74, 6) is 6.78. The number of fused-ring (bicyclic) bond motifs is 1. The van der Waals surface area contributed by atoms with Crippen molar-refractivity contribution in [2.24, 2.45) is 5.84 Å². The van der Waals surface area contributed by atoms with Gasteiger partial charge in [-0.15, -0.1) is 0 Å². The lowest BCUT2D eigenvalue weighted by Crippen LogP contribution is -2.41. The van der Waals surface area contributed by atoms with Crippen molar-refractivity contribution in [2.45, 2.75) is 6.10 Å². The smallest absolute Gasteiger partial charge is 0.161 e. The SMILES string of the molecule is NNC[C@H]1COc2ccccc2O1. The van der Waals surface area contributed by atoms with Crippen LogP contribution in [-0.4, -0.2) is 19.3 Å². The molecule has 2 rings (SSSR count). The third-order valence-electron chi connectivity index (χ3n) is 1.91. The maximum Gasteiger partial charge on any atom is 0.161 e. The summed E-state index contributed by atoms with van der Waals surface area (Å²) in [5, 5.41) is 0. The van der Waals surface area contributed by atoms with Crippen LogP contribution in [0.3, 0.4) is 0 Å². The lowest BCUT2D eigenvalue weighted by molar-refractivity contribution is 0.0906. The topological polar surface area (TPSA) is 56.5 Å². The molecule has 0 unspecified atom stereocenters. The normalized spacial score (nSPS) is 19.9. The molecule has 13 heavy (non-hydrogen) atoms. The van der Waals surface area contributed by atoms with Gasteiger partial charge in [-0.3, -0.25) is 11.3 Å². The summed E-state index contributed by atoms with van der Waals surface area (Å²) in [6, 6.07) is 7.61. The van der Waals surface area contributed by atoms with Crippen LogP contribution in [0.15, 0.2) is 24.3 Å². The maximum atomic E-state index is 5.60. The van der Waals surface area contributed by atoms with E-state index in [0.29, 0.717) is 13.2 Å². The highest BCUT2D eigenvalue weighted by Crippen LogP contribution is 2.30. The van der Waals surface area contributed by atoms with Gasteiger partial charge in [0, 0.05) is 0 Å². The third kappa shape index (κ3) is 1.74. The zero-order valence-electron chi connectivity index (χ0n) is 7.19. The summed E-state index contributed by atoms with van der Waals surface area (Å²) in [7, 11) is 0. The molecule has 0 bridgehead atoms. The van der Waals surface area contributed by atoms with Gasteiger partial charge in [0.15, 0.2) is 11.5 Å². The van der Waals surface area contributed by atoms with Crippen molar-refractivity contribution in [3.63, 3.8) is 0 Å². The lowest BCUT2D eigenvalue weighted by atomic mass is 10.2. The first-order chi connectivity index (χ1) is 6.40. The summed E-state index contributed by atoms with van der Waals surface area (Å²) in [6.45, 7) is 1.13. The van der Waals surface area contributed by atoms with Gasteiger partial charge >= 0.3 is 0 Å². The molecule has 0 aromatic heterocycles. The van der Waals surface area contributed by atoms with Crippen LogP contribution in [0.2, 0.25) is 0 Å². The van der Waals surface area contributed by atoms with E-state index in [1.165, 1.54) is 0 Å². The molecule has 1 atom stereocenters. The van der Waals surface area contributed by atoms with Crippen LogP contribution in [0.25, 0.3) is 0 Å². The number of hydrazine groups is 1. The van der Waals surface area contributed by atoms with Gasteiger partial charge in [-0.2, -0.15) is 0 Å². The Labute approximate surface area is 76.6 Å². The molecule has 0 fully saturated rings. The quantitative estimate of drug-likeness (QED) is 0.507. The van der Waals surface area contributed by atoms with Gasteiger partial charge in [-0.25, -0.2) is 0 Å². The van der Waals surface area contributed by atoms with Gasteiger partial charge in [0.1, 0.15) is 12.7 Å². The fourth-order valence-electron chi connectivity index (χ4n) is 1.30. The summed E-state index contributed by atoms with van der Waals surface area (Å²) in [4.78, 5) is 0. The molecule has 0 aliphatic carbocycles. The van der Waals surface area contributed by atoms with Gasteiger partial charge < -0.3 is 9.47 Å². The van der Waals surface area contributed by atoms with Gasteiger partial charge in [0.05, 0.1) is 6.54 Å². The minimum atomic E-state index is -0.0000926. The second kappa shape index (κ2) is 3.64. The maximum absolute atomic E-state index is 5.60. The lowest BCUT2D eigenvalue weighted by Gasteiger charge is -2.25. The van der Waals surface area contributed by atoms with Crippen molar-refractivity contribution in [1.82, 2.24) is 5.43 Å². The predicted octanol–water partition coefficient (Wildman–Crippen LogP) is 0.290. The Morgan fingerprint density at radius 1 is 1.38 bits per heavy atom. The van der Waals surface area contributed by atoms with E-state index in [2.05, 4.69) is 5.43 Å². The van der Waals surface area contributed by atoms with Crippen molar-refractivity contribution in [2.75, 3.05) is 13.2 Å². The van der Waals surface area contributed by atoms with E-state index in [1.807, 2.05) is 24.3 Å². The fraction of sp³-hybridized carbons (Fsp3) is 0.333. The summed E-state index contributed by atoms with van der Waals surface area (Å²) < 4.78 is 11.1. The van der Waals surface area contributed by atoms with Gasteiger partial charge in [0.25, 0.3) is 0 Å². The van der Waals surface area contributed by atoms with Crippen LogP contribution < -0.4 is 20.7 Å². The zero-order chi connectivity index (χ0) is 9.10. The molecule has 1 aromatic rings. The molecule has 0 radical (unpaired) electrons. The summed E-state index contributed by atoms with van der Waals surface area (Å²) in [5.41, 5.74) is 2.56. The van der Waals surface area contributed by atoms with E-state index in [0.717, 1.165) is 11.5 Å². The van der Waals surface area contributed by atoms with Crippen LogP contribution in [0.5, 0.6) is 11.5 Å². The number of benzene rings is 1. The minimum absolute atomic E-state index is 0.0000926. The molecular formula is C9H12N2O2. The summed E-state index contributed by atoms with van der Waals surface area (Å²) in [6.07, 6.45) is -0.0000926.